The van der Waals surface area contributed by atoms with Crippen LogP contribution in [0.1, 0.15) is 17.4 Å². The first-order valence-electron chi connectivity index (χ1n) is 5.75. The molecule has 94 valence electrons. The van der Waals surface area contributed by atoms with Crippen molar-refractivity contribution in [2.45, 2.75) is 13.0 Å². The predicted octanol–water partition coefficient (Wildman–Crippen LogP) is 2.61. The highest BCUT2D eigenvalue weighted by atomic mass is 19.1. The minimum Gasteiger partial charge on any atom is -0.480 e. The van der Waals surface area contributed by atoms with Gasteiger partial charge in [-0.3, -0.25) is 4.98 Å². The van der Waals surface area contributed by atoms with Crippen molar-refractivity contribution in [3.05, 3.63) is 59.7 Å². The summed E-state index contributed by atoms with van der Waals surface area (Å²) in [6.45, 7) is 1.94. The number of nitrogens with two attached hydrogens (primary N) is 1. The van der Waals surface area contributed by atoms with Crippen molar-refractivity contribution < 1.29 is 9.13 Å². The zero-order chi connectivity index (χ0) is 13.0. The summed E-state index contributed by atoms with van der Waals surface area (Å²) in [6, 6.07) is 10.5. The largest absolute Gasteiger partial charge is 0.480 e. The van der Waals surface area contributed by atoms with Crippen LogP contribution in [0.4, 0.5) is 4.39 Å². The molecule has 0 bridgehead atoms. The molecule has 0 aliphatic heterocycles. The lowest BCUT2D eigenvalue weighted by Crippen LogP contribution is -2.20. The average molecular weight is 246 g/mol. The van der Waals surface area contributed by atoms with Crippen LogP contribution in [-0.4, -0.2) is 11.5 Å². The Labute approximate surface area is 105 Å². The van der Waals surface area contributed by atoms with Crippen LogP contribution in [0.25, 0.3) is 0 Å². The zero-order valence-corrected chi connectivity index (χ0v) is 10.1. The van der Waals surface area contributed by atoms with Crippen LogP contribution in [0, 0.1) is 12.7 Å². The molecule has 3 nitrogen and oxygen atoms in total. The van der Waals surface area contributed by atoms with Gasteiger partial charge in [-0.15, -0.1) is 0 Å². The Balaban J connectivity index is 2.24. The minimum absolute atomic E-state index is 0.205. The maximum absolute atomic E-state index is 13.8. The number of benzene rings is 1. The Hall–Kier alpha value is -1.94. The summed E-state index contributed by atoms with van der Waals surface area (Å²) in [4.78, 5) is 4.17. The molecule has 2 rings (SSSR count). The van der Waals surface area contributed by atoms with Gasteiger partial charge in [0.05, 0.1) is 5.69 Å². The molecule has 0 spiro atoms. The van der Waals surface area contributed by atoms with Gasteiger partial charge in [0.15, 0.2) is 17.7 Å². The lowest BCUT2D eigenvalue weighted by Gasteiger charge is -2.17. The first-order valence-corrected chi connectivity index (χ1v) is 5.75. The Kier molecular flexibility index (Phi) is 3.89. The third-order valence-electron chi connectivity index (χ3n) is 2.66. The highest BCUT2D eigenvalue weighted by molar-refractivity contribution is 5.30. The topological polar surface area (TPSA) is 48.1 Å². The van der Waals surface area contributed by atoms with Crippen LogP contribution in [0.3, 0.4) is 0 Å². The van der Waals surface area contributed by atoms with E-state index in [-0.39, 0.29) is 18.1 Å². The molecule has 0 amide bonds. The van der Waals surface area contributed by atoms with E-state index in [0.717, 1.165) is 0 Å². The van der Waals surface area contributed by atoms with E-state index in [0.29, 0.717) is 11.3 Å². The van der Waals surface area contributed by atoms with Gasteiger partial charge in [-0.25, -0.2) is 4.39 Å². The average Bonchev–Trinajstić information content (AvgIpc) is 2.41. The van der Waals surface area contributed by atoms with Crippen LogP contribution in [-0.2, 0) is 0 Å². The van der Waals surface area contributed by atoms with Crippen LogP contribution in [0.15, 0.2) is 42.6 Å². The van der Waals surface area contributed by atoms with Gasteiger partial charge >= 0.3 is 0 Å². The molecule has 1 aromatic carbocycles. The van der Waals surface area contributed by atoms with Crippen molar-refractivity contribution in [2.24, 2.45) is 5.73 Å². The summed E-state index contributed by atoms with van der Waals surface area (Å²) in [5.74, 6) is -0.150. The number of pyridine rings is 1. The van der Waals surface area contributed by atoms with Gasteiger partial charge in [0.25, 0.3) is 0 Å². The smallest absolute Gasteiger partial charge is 0.167 e. The summed E-state index contributed by atoms with van der Waals surface area (Å²) in [5, 5.41) is 0. The number of aromatic nitrogens is 1. The summed E-state index contributed by atoms with van der Waals surface area (Å²) in [5.41, 5.74) is 6.89. The van der Waals surface area contributed by atoms with Gasteiger partial charge in [-0.05, 0) is 30.7 Å². The number of halogens is 1. The standard InChI is InChI=1S/C14H15FN2O/c1-10-5-4-7-12(14(10)15)18-13(9-16)11-6-2-3-8-17-11/h2-8,13H,9,16H2,1H3. The van der Waals surface area contributed by atoms with Crippen molar-refractivity contribution in [1.82, 2.24) is 4.98 Å². The molecule has 0 fully saturated rings. The molecule has 1 unspecified atom stereocenters. The van der Waals surface area contributed by atoms with Gasteiger partial charge in [0.1, 0.15) is 0 Å². The minimum atomic E-state index is -0.442. The lowest BCUT2D eigenvalue weighted by atomic mass is 10.2. The van der Waals surface area contributed by atoms with E-state index < -0.39 is 6.10 Å². The van der Waals surface area contributed by atoms with E-state index in [9.17, 15) is 4.39 Å². The lowest BCUT2D eigenvalue weighted by molar-refractivity contribution is 0.199. The molecular formula is C14H15FN2O. The quantitative estimate of drug-likeness (QED) is 0.902. The van der Waals surface area contributed by atoms with Gasteiger partial charge in [-0.2, -0.15) is 0 Å². The third kappa shape index (κ3) is 2.65. The molecule has 1 heterocycles. The Morgan fingerprint density at radius 3 is 2.78 bits per heavy atom. The van der Waals surface area contributed by atoms with Gasteiger partial charge < -0.3 is 10.5 Å². The van der Waals surface area contributed by atoms with E-state index in [2.05, 4.69) is 4.98 Å². The van der Waals surface area contributed by atoms with E-state index in [1.807, 2.05) is 18.2 Å². The fraction of sp³-hybridized carbons (Fsp3) is 0.214. The van der Waals surface area contributed by atoms with Gasteiger partial charge in [0.2, 0.25) is 0 Å². The van der Waals surface area contributed by atoms with Crippen LogP contribution in [0.5, 0.6) is 5.75 Å². The SMILES string of the molecule is Cc1cccc(OC(CN)c2ccccn2)c1F. The second-order valence-corrected chi connectivity index (χ2v) is 3.98. The van der Waals surface area contributed by atoms with Gasteiger partial charge in [-0.1, -0.05) is 18.2 Å². The molecule has 4 heteroatoms. The van der Waals surface area contributed by atoms with Gasteiger partial charge in [0, 0.05) is 12.7 Å². The Bertz CT molecular complexity index is 516. The number of hydrogen-bond acceptors (Lipinski definition) is 3. The molecule has 0 aliphatic carbocycles. The number of hydrogen-bond donors (Lipinski definition) is 1. The monoisotopic (exact) mass is 246 g/mol. The maximum Gasteiger partial charge on any atom is 0.167 e. The molecular weight excluding hydrogens is 231 g/mol. The molecule has 1 atom stereocenters. The second-order valence-electron chi connectivity index (χ2n) is 3.98. The maximum atomic E-state index is 13.8. The van der Waals surface area contributed by atoms with Crippen LogP contribution < -0.4 is 10.5 Å². The van der Waals surface area contributed by atoms with E-state index >= 15 is 0 Å². The molecule has 2 N–H and O–H groups in total. The first-order chi connectivity index (χ1) is 8.72. The summed E-state index contributed by atoms with van der Waals surface area (Å²) in [7, 11) is 0. The van der Waals surface area contributed by atoms with Crippen molar-refractivity contribution in [2.75, 3.05) is 6.54 Å². The molecule has 2 aromatic rings. The highest BCUT2D eigenvalue weighted by Crippen LogP contribution is 2.24. The summed E-state index contributed by atoms with van der Waals surface area (Å²) < 4.78 is 19.4. The van der Waals surface area contributed by atoms with Crippen molar-refractivity contribution in [3.63, 3.8) is 0 Å². The molecule has 1 aromatic heterocycles. The van der Waals surface area contributed by atoms with E-state index in [1.165, 1.54) is 0 Å². The summed E-state index contributed by atoms with van der Waals surface area (Å²) >= 11 is 0. The number of ether oxygens (including phenoxy) is 1. The van der Waals surface area contributed by atoms with Crippen molar-refractivity contribution >= 4 is 0 Å². The third-order valence-corrected chi connectivity index (χ3v) is 2.66. The predicted molar refractivity (Wildman–Crippen MR) is 67.8 cm³/mol. The summed E-state index contributed by atoms with van der Waals surface area (Å²) in [6.07, 6.45) is 1.22. The van der Waals surface area contributed by atoms with E-state index in [4.69, 9.17) is 10.5 Å². The van der Waals surface area contributed by atoms with Crippen LogP contribution in [0.2, 0.25) is 0 Å². The normalized spacial score (nSPS) is 12.2. The van der Waals surface area contributed by atoms with Crippen molar-refractivity contribution in [3.8, 4) is 5.75 Å². The first kappa shape index (κ1) is 12.5. The second kappa shape index (κ2) is 5.60. The Morgan fingerprint density at radius 2 is 2.11 bits per heavy atom. The Morgan fingerprint density at radius 1 is 1.28 bits per heavy atom. The van der Waals surface area contributed by atoms with E-state index in [1.54, 1.807) is 31.3 Å². The number of nitrogens with zero attached hydrogens (tertiary/aromatic N) is 1. The molecule has 0 radical (unpaired) electrons. The van der Waals surface area contributed by atoms with Crippen LogP contribution >= 0.6 is 0 Å². The van der Waals surface area contributed by atoms with Crippen molar-refractivity contribution in [1.29, 1.82) is 0 Å². The molecule has 0 saturated carbocycles. The number of aryl methyl sites for hydroxylation is 1. The molecule has 18 heavy (non-hydrogen) atoms. The number of rotatable bonds is 4. The molecule has 0 aliphatic rings. The molecule has 0 saturated heterocycles. The zero-order valence-electron chi connectivity index (χ0n) is 10.1. The fourth-order valence-electron chi connectivity index (χ4n) is 1.66. The fourth-order valence-corrected chi connectivity index (χ4v) is 1.66. The highest BCUT2D eigenvalue weighted by Gasteiger charge is 2.15.